The molecule has 1 aliphatic rings. The fourth-order valence-electron chi connectivity index (χ4n) is 2.98. The molecule has 0 saturated carbocycles. The number of guanidine groups is 1. The van der Waals surface area contributed by atoms with E-state index in [0.717, 1.165) is 32.1 Å². The molecule has 26 heavy (non-hydrogen) atoms. The smallest absolute Gasteiger partial charge is 0.191 e. The molecule has 1 saturated heterocycles. The first kappa shape index (κ1) is 19.1. The fourth-order valence-corrected chi connectivity index (χ4v) is 4.66. The zero-order chi connectivity index (χ0) is 18.2. The summed E-state index contributed by atoms with van der Waals surface area (Å²) < 4.78 is 0. The van der Waals surface area contributed by atoms with E-state index in [1.54, 1.807) is 11.3 Å². The largest absolute Gasteiger partial charge is 0.370 e. The van der Waals surface area contributed by atoms with Crippen molar-refractivity contribution in [3.63, 3.8) is 0 Å². The van der Waals surface area contributed by atoms with Crippen LogP contribution in [0.25, 0.3) is 0 Å². The molecule has 2 heterocycles. The molecule has 4 nitrogen and oxygen atoms in total. The minimum Gasteiger partial charge on any atom is -0.370 e. The predicted molar refractivity (Wildman–Crippen MR) is 117 cm³/mol. The monoisotopic (exact) mass is 388 g/mol. The van der Waals surface area contributed by atoms with Crippen LogP contribution in [0.2, 0.25) is 0 Å². The van der Waals surface area contributed by atoms with Crippen LogP contribution in [0.15, 0.2) is 46.1 Å². The van der Waals surface area contributed by atoms with Crippen molar-refractivity contribution in [2.45, 2.75) is 19.4 Å². The number of hydrogen-bond acceptors (Lipinski definition) is 4. The highest BCUT2D eigenvalue weighted by atomic mass is 32.2. The van der Waals surface area contributed by atoms with Gasteiger partial charge in [-0.2, -0.15) is 23.1 Å². The number of thioether (sulfide) groups is 1. The number of nitrogens with zero attached hydrogens (tertiary/aromatic N) is 2. The van der Waals surface area contributed by atoms with Crippen LogP contribution in [0.4, 0.5) is 5.69 Å². The van der Waals surface area contributed by atoms with Gasteiger partial charge < -0.3 is 15.5 Å². The van der Waals surface area contributed by atoms with Crippen LogP contribution in [0, 0.1) is 0 Å². The summed E-state index contributed by atoms with van der Waals surface area (Å²) in [7, 11) is 1.82. The summed E-state index contributed by atoms with van der Waals surface area (Å²) in [6, 6.07) is 11.1. The summed E-state index contributed by atoms with van der Waals surface area (Å²) in [5.74, 6) is 3.79. The van der Waals surface area contributed by atoms with E-state index < -0.39 is 0 Å². The summed E-state index contributed by atoms with van der Waals surface area (Å²) in [4.78, 5) is 6.81. The summed E-state index contributed by atoms with van der Waals surface area (Å²) in [6.07, 6.45) is 0. The maximum absolute atomic E-state index is 4.33. The van der Waals surface area contributed by atoms with Crippen molar-refractivity contribution in [1.29, 1.82) is 0 Å². The van der Waals surface area contributed by atoms with E-state index in [-0.39, 0.29) is 0 Å². The third kappa shape index (κ3) is 5.42. The molecule has 1 unspecified atom stereocenters. The second-order valence-electron chi connectivity index (χ2n) is 6.53. The van der Waals surface area contributed by atoms with Crippen LogP contribution in [0.3, 0.4) is 0 Å². The molecule has 0 amide bonds. The van der Waals surface area contributed by atoms with Gasteiger partial charge >= 0.3 is 0 Å². The molecule has 140 valence electrons. The van der Waals surface area contributed by atoms with Gasteiger partial charge in [-0.3, -0.25) is 4.99 Å². The Bertz CT molecular complexity index is 676. The van der Waals surface area contributed by atoms with Crippen molar-refractivity contribution >= 4 is 34.7 Å². The average Bonchev–Trinajstić information content (AvgIpc) is 3.24. The minimum atomic E-state index is 0.474. The molecule has 1 aromatic heterocycles. The van der Waals surface area contributed by atoms with Crippen LogP contribution >= 0.6 is 23.1 Å². The Balaban J connectivity index is 1.46. The van der Waals surface area contributed by atoms with Gasteiger partial charge in [0.1, 0.15) is 0 Å². The Morgan fingerprint density at radius 3 is 2.58 bits per heavy atom. The molecule has 6 heteroatoms. The van der Waals surface area contributed by atoms with Gasteiger partial charge in [-0.1, -0.05) is 19.1 Å². The Labute approximate surface area is 165 Å². The van der Waals surface area contributed by atoms with Gasteiger partial charge in [0.05, 0.1) is 0 Å². The topological polar surface area (TPSA) is 39.7 Å². The van der Waals surface area contributed by atoms with Crippen molar-refractivity contribution in [1.82, 2.24) is 10.6 Å². The highest BCUT2D eigenvalue weighted by Crippen LogP contribution is 2.20. The van der Waals surface area contributed by atoms with Gasteiger partial charge in [-0.15, -0.1) is 0 Å². The SMILES string of the molecule is CN=C(NCc1ccc(N2CCSCC2)cc1)NCC(C)c1ccsc1. The standard InChI is InChI=1S/C20H28N4S2/c1-16(18-7-10-26-15-18)13-22-20(21-2)23-14-17-3-5-19(6-4-17)24-8-11-25-12-9-24/h3-7,10,15-16H,8-9,11-14H2,1-2H3,(H2,21,22,23). The van der Waals surface area contributed by atoms with Gasteiger partial charge in [0.2, 0.25) is 0 Å². The second-order valence-corrected chi connectivity index (χ2v) is 8.54. The number of nitrogens with one attached hydrogen (secondary N) is 2. The minimum absolute atomic E-state index is 0.474. The van der Waals surface area contributed by atoms with Gasteiger partial charge in [0.25, 0.3) is 0 Å². The maximum Gasteiger partial charge on any atom is 0.191 e. The molecule has 0 radical (unpaired) electrons. The molecule has 1 atom stereocenters. The van der Waals surface area contributed by atoms with Crippen molar-refractivity contribution < 1.29 is 0 Å². The Hall–Kier alpha value is -1.66. The number of anilines is 1. The Kier molecular flexibility index (Phi) is 7.26. The molecular formula is C20H28N4S2. The molecule has 2 N–H and O–H groups in total. The maximum atomic E-state index is 4.33. The van der Waals surface area contributed by atoms with Gasteiger partial charge in [0.15, 0.2) is 5.96 Å². The third-order valence-corrected chi connectivity index (χ3v) is 6.33. The Morgan fingerprint density at radius 2 is 1.92 bits per heavy atom. The van der Waals surface area contributed by atoms with E-state index in [1.165, 1.54) is 28.3 Å². The summed E-state index contributed by atoms with van der Waals surface area (Å²) in [5.41, 5.74) is 3.99. The number of aliphatic imine (C=N–C) groups is 1. The van der Waals surface area contributed by atoms with E-state index in [1.807, 2.05) is 18.8 Å². The van der Waals surface area contributed by atoms with Crippen molar-refractivity contribution in [3.05, 3.63) is 52.2 Å². The van der Waals surface area contributed by atoms with Crippen LogP contribution in [-0.4, -0.2) is 44.1 Å². The van der Waals surface area contributed by atoms with E-state index in [4.69, 9.17) is 0 Å². The zero-order valence-electron chi connectivity index (χ0n) is 15.6. The van der Waals surface area contributed by atoms with Gasteiger partial charge in [-0.25, -0.2) is 0 Å². The lowest BCUT2D eigenvalue weighted by molar-refractivity contribution is 0.701. The predicted octanol–water partition coefficient (Wildman–Crippen LogP) is 3.77. The second kappa shape index (κ2) is 9.88. The number of thiophene rings is 1. The molecule has 1 aliphatic heterocycles. The van der Waals surface area contributed by atoms with E-state index in [9.17, 15) is 0 Å². The lowest BCUT2D eigenvalue weighted by Crippen LogP contribution is -2.38. The number of rotatable bonds is 6. The lowest BCUT2D eigenvalue weighted by Gasteiger charge is -2.28. The zero-order valence-corrected chi connectivity index (χ0v) is 17.2. The first-order valence-electron chi connectivity index (χ1n) is 9.14. The lowest BCUT2D eigenvalue weighted by atomic mass is 10.1. The molecule has 1 fully saturated rings. The average molecular weight is 389 g/mol. The summed E-state index contributed by atoms with van der Waals surface area (Å²) >= 11 is 3.79. The van der Waals surface area contributed by atoms with E-state index in [2.05, 4.69) is 68.5 Å². The van der Waals surface area contributed by atoms with Crippen LogP contribution in [0.5, 0.6) is 0 Å². The molecule has 0 bridgehead atoms. The number of hydrogen-bond donors (Lipinski definition) is 2. The molecule has 0 spiro atoms. The number of benzene rings is 1. The molecular weight excluding hydrogens is 360 g/mol. The van der Waals surface area contributed by atoms with Crippen molar-refractivity contribution in [2.75, 3.05) is 43.1 Å². The van der Waals surface area contributed by atoms with Gasteiger partial charge in [0, 0.05) is 50.4 Å². The van der Waals surface area contributed by atoms with Crippen LogP contribution in [0.1, 0.15) is 24.0 Å². The summed E-state index contributed by atoms with van der Waals surface area (Å²) in [5, 5.41) is 11.2. The van der Waals surface area contributed by atoms with E-state index in [0.29, 0.717) is 5.92 Å². The van der Waals surface area contributed by atoms with Gasteiger partial charge in [-0.05, 0) is 46.0 Å². The van der Waals surface area contributed by atoms with Crippen LogP contribution in [-0.2, 0) is 6.54 Å². The van der Waals surface area contributed by atoms with Crippen molar-refractivity contribution in [2.24, 2.45) is 4.99 Å². The third-order valence-electron chi connectivity index (χ3n) is 4.68. The Morgan fingerprint density at radius 1 is 1.15 bits per heavy atom. The molecule has 1 aromatic carbocycles. The molecule has 3 rings (SSSR count). The molecule has 0 aliphatic carbocycles. The van der Waals surface area contributed by atoms with Crippen molar-refractivity contribution in [3.8, 4) is 0 Å². The summed E-state index contributed by atoms with van der Waals surface area (Å²) in [6.45, 7) is 6.20. The highest BCUT2D eigenvalue weighted by Gasteiger charge is 2.11. The van der Waals surface area contributed by atoms with E-state index >= 15 is 0 Å². The first-order chi connectivity index (χ1) is 12.8. The first-order valence-corrected chi connectivity index (χ1v) is 11.2. The quantitative estimate of drug-likeness (QED) is 0.584. The fraction of sp³-hybridized carbons (Fsp3) is 0.450. The van der Waals surface area contributed by atoms with Crippen LogP contribution < -0.4 is 15.5 Å². The normalized spacial score (nSPS) is 16.4. The highest BCUT2D eigenvalue weighted by molar-refractivity contribution is 7.99. The molecule has 2 aromatic rings.